The summed E-state index contributed by atoms with van der Waals surface area (Å²) in [6.45, 7) is 0.697. The molecule has 4 nitrogen and oxygen atoms in total. The third kappa shape index (κ3) is 1.97. The zero-order valence-electron chi connectivity index (χ0n) is 10.4. The lowest BCUT2D eigenvalue weighted by atomic mass is 10.2. The first-order valence-corrected chi connectivity index (χ1v) is 7.13. The number of rotatable bonds is 4. The second-order valence-electron chi connectivity index (χ2n) is 4.65. The Labute approximate surface area is 109 Å². The number of nitrogens with zero attached hydrogens (tertiary/aromatic N) is 1. The van der Waals surface area contributed by atoms with Crippen LogP contribution in [0.15, 0.2) is 4.79 Å². The molecule has 0 aliphatic heterocycles. The van der Waals surface area contributed by atoms with E-state index in [1.165, 1.54) is 16.9 Å². The lowest BCUT2D eigenvalue weighted by Crippen LogP contribution is -2.12. The topological polar surface area (TPSA) is 55.0 Å². The van der Waals surface area contributed by atoms with Gasteiger partial charge in [-0.2, -0.15) is 0 Å². The summed E-state index contributed by atoms with van der Waals surface area (Å²) in [7, 11) is 1.68. The molecule has 0 amide bonds. The Hall–Kier alpha value is -1.20. The Morgan fingerprint density at radius 2 is 2.33 bits per heavy atom. The van der Waals surface area contributed by atoms with E-state index in [9.17, 15) is 4.79 Å². The second-order valence-corrected chi connectivity index (χ2v) is 5.73. The number of aromatic nitrogens is 2. The summed E-state index contributed by atoms with van der Waals surface area (Å²) in [5.41, 5.74) is 1.28. The number of aromatic amines is 1. The third-order valence-corrected chi connectivity index (χ3v) is 4.57. The summed E-state index contributed by atoms with van der Waals surface area (Å²) in [5.74, 6) is 0.782. The first kappa shape index (κ1) is 11.9. The first-order valence-electron chi connectivity index (χ1n) is 6.32. The minimum Gasteiger partial charge on any atom is -0.385 e. The molecule has 5 heteroatoms. The van der Waals surface area contributed by atoms with Crippen molar-refractivity contribution >= 4 is 21.6 Å². The van der Waals surface area contributed by atoms with E-state index in [1.807, 2.05) is 0 Å². The molecule has 1 aliphatic carbocycles. The number of fused-ring (bicyclic) bond motifs is 3. The van der Waals surface area contributed by atoms with Crippen molar-refractivity contribution in [3.05, 3.63) is 26.6 Å². The zero-order chi connectivity index (χ0) is 12.5. The van der Waals surface area contributed by atoms with Crippen molar-refractivity contribution in [2.24, 2.45) is 0 Å². The minimum atomic E-state index is 0.0341. The third-order valence-electron chi connectivity index (χ3n) is 3.39. The van der Waals surface area contributed by atoms with Gasteiger partial charge >= 0.3 is 0 Å². The van der Waals surface area contributed by atoms with Gasteiger partial charge in [0.05, 0.1) is 5.39 Å². The molecule has 1 N–H and O–H groups in total. The predicted octanol–water partition coefficient (Wildman–Crippen LogP) is 2.05. The first-order chi connectivity index (χ1) is 8.79. The number of ether oxygens (including phenoxy) is 1. The Balaban J connectivity index is 1.98. The van der Waals surface area contributed by atoms with Crippen molar-refractivity contribution in [3.63, 3.8) is 0 Å². The number of thiophene rings is 1. The molecule has 18 heavy (non-hydrogen) atoms. The highest BCUT2D eigenvalue weighted by molar-refractivity contribution is 7.18. The molecule has 0 radical (unpaired) electrons. The fraction of sp³-hybridized carbons (Fsp3) is 0.538. The van der Waals surface area contributed by atoms with Gasteiger partial charge in [0, 0.05) is 25.0 Å². The van der Waals surface area contributed by atoms with Crippen molar-refractivity contribution in [2.75, 3.05) is 13.7 Å². The molecule has 0 saturated carbocycles. The summed E-state index contributed by atoms with van der Waals surface area (Å²) in [4.78, 5) is 21.9. The van der Waals surface area contributed by atoms with E-state index < -0.39 is 0 Å². The maximum Gasteiger partial charge on any atom is 0.259 e. The molecule has 1 aliphatic rings. The quantitative estimate of drug-likeness (QED) is 0.860. The summed E-state index contributed by atoms with van der Waals surface area (Å²) in [6, 6.07) is 0. The number of methoxy groups -OCH3 is 1. The van der Waals surface area contributed by atoms with Crippen LogP contribution in [-0.2, 0) is 24.0 Å². The Kier molecular flexibility index (Phi) is 3.18. The molecule has 0 unspecified atom stereocenters. The van der Waals surface area contributed by atoms with Crippen LogP contribution in [0.25, 0.3) is 10.2 Å². The molecule has 0 fully saturated rings. The van der Waals surface area contributed by atoms with Gasteiger partial charge in [-0.25, -0.2) is 4.98 Å². The zero-order valence-corrected chi connectivity index (χ0v) is 11.2. The van der Waals surface area contributed by atoms with E-state index in [2.05, 4.69) is 9.97 Å². The van der Waals surface area contributed by atoms with Crippen LogP contribution in [0, 0.1) is 0 Å². The van der Waals surface area contributed by atoms with Gasteiger partial charge < -0.3 is 9.72 Å². The molecular weight excluding hydrogens is 248 g/mol. The predicted molar refractivity (Wildman–Crippen MR) is 72.5 cm³/mol. The van der Waals surface area contributed by atoms with Crippen molar-refractivity contribution in [3.8, 4) is 0 Å². The van der Waals surface area contributed by atoms with Crippen LogP contribution in [0.4, 0.5) is 0 Å². The Bertz CT molecular complexity index is 630. The molecule has 0 aromatic carbocycles. The van der Waals surface area contributed by atoms with Crippen molar-refractivity contribution in [1.82, 2.24) is 9.97 Å². The van der Waals surface area contributed by atoms with Gasteiger partial charge in [-0.05, 0) is 31.2 Å². The number of aryl methyl sites for hydroxylation is 3. The Morgan fingerprint density at radius 1 is 1.44 bits per heavy atom. The van der Waals surface area contributed by atoms with Crippen molar-refractivity contribution in [2.45, 2.75) is 32.1 Å². The second kappa shape index (κ2) is 4.82. The van der Waals surface area contributed by atoms with Gasteiger partial charge in [0.15, 0.2) is 0 Å². The molecule has 2 aromatic heterocycles. The molecular formula is C13H16N2O2S. The van der Waals surface area contributed by atoms with Crippen LogP contribution in [0.1, 0.15) is 29.1 Å². The highest BCUT2D eigenvalue weighted by Crippen LogP contribution is 2.34. The van der Waals surface area contributed by atoms with Crippen LogP contribution in [0.5, 0.6) is 0 Å². The molecule has 3 rings (SSSR count). The number of hydrogen-bond donors (Lipinski definition) is 1. The van der Waals surface area contributed by atoms with Gasteiger partial charge in [0.1, 0.15) is 10.7 Å². The van der Waals surface area contributed by atoms with Crippen LogP contribution < -0.4 is 5.56 Å². The highest BCUT2D eigenvalue weighted by atomic mass is 32.1. The van der Waals surface area contributed by atoms with E-state index >= 15 is 0 Å². The summed E-state index contributed by atoms with van der Waals surface area (Å²) < 4.78 is 5.01. The van der Waals surface area contributed by atoms with Gasteiger partial charge in [0.2, 0.25) is 0 Å². The van der Waals surface area contributed by atoms with Gasteiger partial charge in [-0.15, -0.1) is 11.3 Å². The lowest BCUT2D eigenvalue weighted by Gasteiger charge is -2.01. The Morgan fingerprint density at radius 3 is 3.17 bits per heavy atom. The monoisotopic (exact) mass is 264 g/mol. The van der Waals surface area contributed by atoms with Crippen molar-refractivity contribution < 1.29 is 4.74 Å². The van der Waals surface area contributed by atoms with Crippen LogP contribution in [0.3, 0.4) is 0 Å². The molecule has 0 spiro atoms. The van der Waals surface area contributed by atoms with Crippen molar-refractivity contribution in [1.29, 1.82) is 0 Å². The largest absolute Gasteiger partial charge is 0.385 e. The van der Waals surface area contributed by atoms with Crippen LogP contribution in [0.2, 0.25) is 0 Å². The molecule has 2 aromatic rings. The molecule has 0 bridgehead atoms. The fourth-order valence-corrected chi connectivity index (χ4v) is 3.83. The maximum absolute atomic E-state index is 12.1. The summed E-state index contributed by atoms with van der Waals surface area (Å²) >= 11 is 1.69. The average Bonchev–Trinajstić information content (AvgIpc) is 2.88. The highest BCUT2D eigenvalue weighted by Gasteiger charge is 2.20. The molecule has 2 heterocycles. The van der Waals surface area contributed by atoms with E-state index in [4.69, 9.17) is 4.74 Å². The van der Waals surface area contributed by atoms with Gasteiger partial charge in [0.25, 0.3) is 5.56 Å². The average molecular weight is 264 g/mol. The molecule has 0 saturated heterocycles. The van der Waals surface area contributed by atoms with E-state index in [0.717, 1.165) is 41.7 Å². The maximum atomic E-state index is 12.1. The number of H-pyrrole nitrogens is 1. The minimum absolute atomic E-state index is 0.0341. The molecule has 0 atom stereocenters. The SMILES string of the molecule is COCCCc1nc2sc3c(c2c(=O)[nH]1)CCC3. The number of nitrogens with one attached hydrogen (secondary N) is 1. The smallest absolute Gasteiger partial charge is 0.259 e. The van der Waals surface area contributed by atoms with Crippen LogP contribution in [-0.4, -0.2) is 23.7 Å². The fourth-order valence-electron chi connectivity index (χ4n) is 2.55. The standard InChI is InChI=1S/C13H16N2O2S/c1-17-7-3-6-10-14-12(16)11-8-4-2-5-9(8)18-13(11)15-10/h2-7H2,1H3,(H,14,15,16). The van der Waals surface area contributed by atoms with E-state index in [1.54, 1.807) is 18.4 Å². The normalized spacial score (nSPS) is 14.3. The summed E-state index contributed by atoms with van der Waals surface area (Å²) in [5, 5.41) is 0.836. The van der Waals surface area contributed by atoms with Gasteiger partial charge in [-0.1, -0.05) is 0 Å². The van der Waals surface area contributed by atoms with E-state index in [0.29, 0.717) is 6.61 Å². The van der Waals surface area contributed by atoms with E-state index in [-0.39, 0.29) is 5.56 Å². The van der Waals surface area contributed by atoms with Gasteiger partial charge in [-0.3, -0.25) is 4.79 Å². The molecule has 96 valence electrons. The lowest BCUT2D eigenvalue weighted by molar-refractivity contribution is 0.194. The number of hydrogen-bond acceptors (Lipinski definition) is 4. The van der Waals surface area contributed by atoms with Crippen LogP contribution >= 0.6 is 11.3 Å². The summed E-state index contributed by atoms with van der Waals surface area (Å²) in [6.07, 6.45) is 4.96.